The Morgan fingerprint density at radius 3 is 2.47 bits per heavy atom. The molecule has 0 bridgehead atoms. The highest BCUT2D eigenvalue weighted by Crippen LogP contribution is 2.07. The zero-order valence-corrected chi connectivity index (χ0v) is 11.5. The number of amides is 1. The molecule has 106 valence electrons. The number of carbonyl (C=O) groups is 1. The molecule has 1 amide bonds. The van der Waals surface area contributed by atoms with Gasteiger partial charge < -0.3 is 16.4 Å². The quantitative estimate of drug-likeness (QED) is 0.559. The van der Waals surface area contributed by atoms with Gasteiger partial charge in [-0.25, -0.2) is 4.79 Å². The van der Waals surface area contributed by atoms with E-state index in [4.69, 9.17) is 5.73 Å². The lowest BCUT2D eigenvalue weighted by Crippen LogP contribution is -2.44. The average molecular weight is 269 g/mol. The zero-order valence-electron chi connectivity index (χ0n) is 11.5. The maximum atomic E-state index is 11.6. The summed E-state index contributed by atoms with van der Waals surface area (Å²) >= 11 is 0. The van der Waals surface area contributed by atoms with E-state index in [0.717, 1.165) is 4.57 Å². The topological polar surface area (TPSA) is 122 Å². The van der Waals surface area contributed by atoms with Crippen molar-refractivity contribution in [1.82, 2.24) is 14.9 Å². The van der Waals surface area contributed by atoms with Gasteiger partial charge in [0.25, 0.3) is 5.56 Å². The smallest absolute Gasteiger partial charge is 0.329 e. The molecule has 0 radical (unpaired) electrons. The molecule has 0 aliphatic heterocycles. The monoisotopic (exact) mass is 269 g/mol. The zero-order chi connectivity index (χ0) is 14.8. The van der Waals surface area contributed by atoms with Crippen LogP contribution in [0.5, 0.6) is 0 Å². The van der Waals surface area contributed by atoms with Crippen molar-refractivity contribution in [2.45, 2.75) is 26.3 Å². The summed E-state index contributed by atoms with van der Waals surface area (Å²) in [5.41, 5.74) is 4.04. The normalized spacial score (nSPS) is 11.2. The summed E-state index contributed by atoms with van der Waals surface area (Å²) < 4.78 is 1.09. The first kappa shape index (κ1) is 14.8. The van der Waals surface area contributed by atoms with E-state index in [2.05, 4.69) is 15.6 Å². The van der Waals surface area contributed by atoms with Crippen molar-refractivity contribution in [3.8, 4) is 0 Å². The second kappa shape index (κ2) is 5.17. The average Bonchev–Trinajstić information content (AvgIpc) is 2.23. The number of anilines is 2. The highest BCUT2D eigenvalue weighted by molar-refractivity contribution is 5.82. The van der Waals surface area contributed by atoms with Crippen LogP contribution in [0.3, 0.4) is 0 Å². The lowest BCUT2D eigenvalue weighted by molar-refractivity contribution is -0.120. The standard InChI is InChI=1S/C11H19N5O3/c1-11(2,3)15-6(17)5-13-7-8(12)16(4)10(19)14-9(7)18/h13H,5,12H2,1-4H3,(H,15,17)(H,14,18,19). The van der Waals surface area contributed by atoms with E-state index >= 15 is 0 Å². The molecular weight excluding hydrogens is 250 g/mol. The molecule has 0 saturated carbocycles. The van der Waals surface area contributed by atoms with Gasteiger partial charge in [0.2, 0.25) is 5.91 Å². The van der Waals surface area contributed by atoms with E-state index in [1.807, 2.05) is 20.8 Å². The van der Waals surface area contributed by atoms with Gasteiger partial charge in [-0.3, -0.25) is 19.1 Å². The number of rotatable bonds is 3. The molecule has 0 aliphatic carbocycles. The Balaban J connectivity index is 2.85. The first-order chi connectivity index (χ1) is 8.61. The highest BCUT2D eigenvalue weighted by atomic mass is 16.2. The van der Waals surface area contributed by atoms with E-state index in [9.17, 15) is 14.4 Å². The SMILES string of the molecule is Cn1c(N)c(NCC(=O)NC(C)(C)C)c(=O)[nH]c1=O. The predicted octanol–water partition coefficient (Wildman–Crippen LogP) is -1.02. The van der Waals surface area contributed by atoms with Crippen LogP contribution in [0.1, 0.15) is 20.8 Å². The Kier molecular flexibility index (Phi) is 4.03. The van der Waals surface area contributed by atoms with Gasteiger partial charge in [0.05, 0.1) is 6.54 Å². The first-order valence-electron chi connectivity index (χ1n) is 5.75. The summed E-state index contributed by atoms with van der Waals surface area (Å²) in [5, 5.41) is 5.36. The lowest BCUT2D eigenvalue weighted by atomic mass is 10.1. The molecule has 1 rings (SSSR count). The number of aromatic amines is 1. The molecule has 0 atom stereocenters. The van der Waals surface area contributed by atoms with Crippen LogP contribution in [-0.2, 0) is 11.8 Å². The number of hydrogen-bond donors (Lipinski definition) is 4. The van der Waals surface area contributed by atoms with Crippen LogP contribution in [0.2, 0.25) is 0 Å². The van der Waals surface area contributed by atoms with E-state index in [0.29, 0.717) is 0 Å². The Morgan fingerprint density at radius 1 is 1.37 bits per heavy atom. The lowest BCUT2D eigenvalue weighted by Gasteiger charge is -2.20. The van der Waals surface area contributed by atoms with Crippen LogP contribution in [0.15, 0.2) is 9.59 Å². The van der Waals surface area contributed by atoms with Crippen molar-refractivity contribution in [2.75, 3.05) is 17.6 Å². The fraction of sp³-hybridized carbons (Fsp3) is 0.545. The second-order valence-electron chi connectivity index (χ2n) is 5.23. The number of nitrogens with one attached hydrogen (secondary N) is 3. The summed E-state index contributed by atoms with van der Waals surface area (Å²) in [7, 11) is 1.42. The van der Waals surface area contributed by atoms with Crippen molar-refractivity contribution in [3.63, 3.8) is 0 Å². The van der Waals surface area contributed by atoms with Gasteiger partial charge in [0, 0.05) is 12.6 Å². The number of nitrogen functional groups attached to an aromatic ring is 1. The molecule has 1 heterocycles. The Hall–Kier alpha value is -2.25. The summed E-state index contributed by atoms with van der Waals surface area (Å²) in [5.74, 6) is -0.294. The minimum atomic E-state index is -0.649. The van der Waals surface area contributed by atoms with Crippen LogP contribution in [0, 0.1) is 0 Å². The fourth-order valence-corrected chi connectivity index (χ4v) is 1.44. The number of nitrogens with zero attached hydrogens (tertiary/aromatic N) is 1. The molecule has 1 aromatic heterocycles. The van der Waals surface area contributed by atoms with Crippen LogP contribution in [0.4, 0.5) is 11.5 Å². The van der Waals surface area contributed by atoms with Gasteiger partial charge in [0.1, 0.15) is 11.5 Å². The molecule has 0 aliphatic rings. The molecule has 0 saturated heterocycles. The number of aromatic nitrogens is 2. The highest BCUT2D eigenvalue weighted by Gasteiger charge is 2.15. The van der Waals surface area contributed by atoms with Crippen LogP contribution in [0.25, 0.3) is 0 Å². The minimum Gasteiger partial charge on any atom is -0.383 e. The molecule has 0 fully saturated rings. The van der Waals surface area contributed by atoms with E-state index in [1.54, 1.807) is 0 Å². The molecule has 0 unspecified atom stereocenters. The first-order valence-corrected chi connectivity index (χ1v) is 5.75. The molecular formula is C11H19N5O3. The number of H-pyrrole nitrogens is 1. The fourth-order valence-electron chi connectivity index (χ4n) is 1.44. The molecule has 8 nitrogen and oxygen atoms in total. The summed E-state index contributed by atoms with van der Waals surface area (Å²) in [6.07, 6.45) is 0. The van der Waals surface area contributed by atoms with Crippen molar-refractivity contribution in [2.24, 2.45) is 7.05 Å². The molecule has 0 spiro atoms. The molecule has 8 heteroatoms. The number of nitrogens with two attached hydrogens (primary N) is 1. The largest absolute Gasteiger partial charge is 0.383 e. The second-order valence-corrected chi connectivity index (χ2v) is 5.23. The number of hydrogen-bond acceptors (Lipinski definition) is 5. The van der Waals surface area contributed by atoms with Crippen LogP contribution in [-0.4, -0.2) is 27.5 Å². The maximum absolute atomic E-state index is 11.6. The van der Waals surface area contributed by atoms with Gasteiger partial charge >= 0.3 is 5.69 Å². The van der Waals surface area contributed by atoms with Crippen LogP contribution >= 0.6 is 0 Å². The Morgan fingerprint density at radius 2 is 1.95 bits per heavy atom. The summed E-state index contributed by atoms with van der Waals surface area (Å²) in [6.45, 7) is 5.43. The van der Waals surface area contributed by atoms with Crippen molar-refractivity contribution < 1.29 is 4.79 Å². The third kappa shape index (κ3) is 3.87. The van der Waals surface area contributed by atoms with E-state index < -0.39 is 11.2 Å². The molecule has 19 heavy (non-hydrogen) atoms. The predicted molar refractivity (Wildman–Crippen MR) is 73.1 cm³/mol. The molecule has 5 N–H and O–H groups in total. The molecule has 0 aromatic carbocycles. The molecule has 1 aromatic rings. The van der Waals surface area contributed by atoms with Crippen LogP contribution < -0.4 is 27.6 Å². The summed E-state index contributed by atoms with van der Waals surface area (Å²) in [6, 6.07) is 0. The third-order valence-electron chi connectivity index (χ3n) is 2.31. The van der Waals surface area contributed by atoms with Gasteiger partial charge in [-0.15, -0.1) is 0 Å². The van der Waals surface area contributed by atoms with Gasteiger partial charge in [-0.2, -0.15) is 0 Å². The van der Waals surface area contributed by atoms with E-state index in [-0.39, 0.29) is 29.5 Å². The third-order valence-corrected chi connectivity index (χ3v) is 2.31. The van der Waals surface area contributed by atoms with Gasteiger partial charge in [-0.05, 0) is 20.8 Å². The minimum absolute atomic E-state index is 0.00570. The Labute approximate surface area is 110 Å². The van der Waals surface area contributed by atoms with Crippen molar-refractivity contribution >= 4 is 17.4 Å². The summed E-state index contributed by atoms with van der Waals surface area (Å²) in [4.78, 5) is 36.5. The van der Waals surface area contributed by atoms with Crippen molar-refractivity contribution in [1.29, 1.82) is 0 Å². The maximum Gasteiger partial charge on any atom is 0.329 e. The van der Waals surface area contributed by atoms with Gasteiger partial charge in [0.15, 0.2) is 0 Å². The van der Waals surface area contributed by atoms with Crippen molar-refractivity contribution in [3.05, 3.63) is 20.8 Å². The van der Waals surface area contributed by atoms with E-state index in [1.165, 1.54) is 7.05 Å². The Bertz CT molecular complexity index is 594. The van der Waals surface area contributed by atoms with Gasteiger partial charge in [-0.1, -0.05) is 0 Å². The number of carbonyl (C=O) groups excluding carboxylic acids is 1.